The average Bonchev–Trinajstić information content (AvgIpc) is 3.33. The zero-order chi connectivity index (χ0) is 23.3. The van der Waals surface area contributed by atoms with Crippen molar-refractivity contribution in [2.45, 2.75) is 25.8 Å². The van der Waals surface area contributed by atoms with E-state index in [9.17, 15) is 4.79 Å². The first kappa shape index (κ1) is 21.6. The predicted octanol–water partition coefficient (Wildman–Crippen LogP) is 5.81. The lowest BCUT2D eigenvalue weighted by Crippen LogP contribution is -2.32. The molecule has 34 heavy (non-hydrogen) atoms. The van der Waals surface area contributed by atoms with Crippen molar-refractivity contribution in [3.05, 3.63) is 115 Å². The molecule has 0 aliphatic carbocycles. The van der Waals surface area contributed by atoms with Gasteiger partial charge in [0.1, 0.15) is 5.56 Å². The van der Waals surface area contributed by atoms with Crippen LogP contribution in [0.25, 0.3) is 28.0 Å². The van der Waals surface area contributed by atoms with Crippen molar-refractivity contribution < 1.29 is 4.79 Å². The molecule has 0 spiro atoms. The van der Waals surface area contributed by atoms with Gasteiger partial charge in [0.15, 0.2) is 5.65 Å². The molecular formula is C29H26N4O. The van der Waals surface area contributed by atoms with Gasteiger partial charge >= 0.3 is 0 Å². The van der Waals surface area contributed by atoms with Gasteiger partial charge in [-0.05, 0) is 42.5 Å². The third-order valence-corrected chi connectivity index (χ3v) is 6.02. The van der Waals surface area contributed by atoms with E-state index in [1.807, 2.05) is 49.4 Å². The topological polar surface area (TPSA) is 59.3 Å². The number of aryl methyl sites for hydroxylation is 1. The molecule has 2 aromatic heterocycles. The number of nitrogens with one attached hydrogen (secondary N) is 1. The molecule has 0 aliphatic heterocycles. The van der Waals surface area contributed by atoms with Gasteiger partial charge in [-0.1, -0.05) is 84.9 Å². The Kier molecular flexibility index (Phi) is 6.17. The SMILES string of the molecule is C[C@@H](CCc1ccccc1)NC(=O)c1cnn2c(-c3ccc(-c4ccccc4)cc3)ccnc12. The highest BCUT2D eigenvalue weighted by Gasteiger charge is 2.18. The molecule has 0 unspecified atom stereocenters. The molecule has 5 nitrogen and oxygen atoms in total. The lowest BCUT2D eigenvalue weighted by atomic mass is 10.0. The first-order valence-corrected chi connectivity index (χ1v) is 11.5. The Morgan fingerprint density at radius 3 is 2.24 bits per heavy atom. The highest BCUT2D eigenvalue weighted by atomic mass is 16.1. The van der Waals surface area contributed by atoms with Crippen molar-refractivity contribution in [1.82, 2.24) is 19.9 Å². The summed E-state index contributed by atoms with van der Waals surface area (Å²) in [6.45, 7) is 2.03. The summed E-state index contributed by atoms with van der Waals surface area (Å²) >= 11 is 0. The van der Waals surface area contributed by atoms with Crippen LogP contribution in [0.5, 0.6) is 0 Å². The average molecular weight is 447 g/mol. The van der Waals surface area contributed by atoms with Crippen LogP contribution in [-0.2, 0) is 6.42 Å². The van der Waals surface area contributed by atoms with Crippen molar-refractivity contribution >= 4 is 11.6 Å². The second kappa shape index (κ2) is 9.71. The molecule has 1 N–H and O–H groups in total. The van der Waals surface area contributed by atoms with Gasteiger partial charge in [-0.3, -0.25) is 4.79 Å². The monoisotopic (exact) mass is 446 g/mol. The molecule has 3 aromatic carbocycles. The number of hydrogen-bond acceptors (Lipinski definition) is 3. The number of carbonyl (C=O) groups excluding carboxylic acids is 1. The third-order valence-electron chi connectivity index (χ3n) is 6.02. The van der Waals surface area contributed by atoms with Gasteiger partial charge < -0.3 is 5.32 Å². The summed E-state index contributed by atoms with van der Waals surface area (Å²) < 4.78 is 1.74. The van der Waals surface area contributed by atoms with Crippen LogP contribution in [0.15, 0.2) is 103 Å². The molecule has 1 amide bonds. The van der Waals surface area contributed by atoms with Crippen LogP contribution in [-0.4, -0.2) is 26.5 Å². The molecule has 168 valence electrons. The van der Waals surface area contributed by atoms with Gasteiger partial charge in [-0.2, -0.15) is 5.10 Å². The van der Waals surface area contributed by atoms with Gasteiger partial charge in [0, 0.05) is 17.8 Å². The number of fused-ring (bicyclic) bond motifs is 1. The van der Waals surface area contributed by atoms with Crippen molar-refractivity contribution in [3.63, 3.8) is 0 Å². The zero-order valence-corrected chi connectivity index (χ0v) is 19.1. The molecule has 5 rings (SSSR count). The Morgan fingerprint density at radius 1 is 0.853 bits per heavy atom. The second-order valence-electron chi connectivity index (χ2n) is 8.47. The largest absolute Gasteiger partial charge is 0.349 e. The van der Waals surface area contributed by atoms with Crippen LogP contribution >= 0.6 is 0 Å². The van der Waals surface area contributed by atoms with Crippen LogP contribution in [0.4, 0.5) is 0 Å². The zero-order valence-electron chi connectivity index (χ0n) is 19.1. The van der Waals surface area contributed by atoms with E-state index >= 15 is 0 Å². The standard InChI is InChI=1S/C29H26N4O/c1-21(12-13-22-8-4-2-5-9-22)32-29(34)26-20-31-33-27(18-19-30-28(26)33)25-16-14-24(15-17-25)23-10-6-3-7-11-23/h2-11,14-21H,12-13H2,1H3,(H,32,34)/t21-/m0/s1. The number of nitrogens with zero attached hydrogens (tertiary/aromatic N) is 3. The van der Waals surface area contributed by atoms with E-state index in [1.54, 1.807) is 16.9 Å². The van der Waals surface area contributed by atoms with Crippen molar-refractivity contribution in [1.29, 1.82) is 0 Å². The van der Waals surface area contributed by atoms with Gasteiger partial charge in [0.25, 0.3) is 5.91 Å². The molecule has 0 bridgehead atoms. The Hall–Kier alpha value is -4.25. The molecule has 0 fully saturated rings. The first-order chi connectivity index (χ1) is 16.7. The fraction of sp³-hybridized carbons (Fsp3) is 0.138. The van der Waals surface area contributed by atoms with Crippen molar-refractivity contribution in [2.75, 3.05) is 0 Å². The van der Waals surface area contributed by atoms with E-state index in [1.165, 1.54) is 11.1 Å². The number of carbonyl (C=O) groups is 1. The van der Waals surface area contributed by atoms with Crippen LogP contribution in [0.2, 0.25) is 0 Å². The fourth-order valence-corrected chi connectivity index (χ4v) is 4.14. The molecule has 0 aliphatic rings. The maximum absolute atomic E-state index is 13.0. The summed E-state index contributed by atoms with van der Waals surface area (Å²) in [7, 11) is 0. The predicted molar refractivity (Wildman–Crippen MR) is 136 cm³/mol. The highest BCUT2D eigenvalue weighted by molar-refractivity contribution is 6.00. The third kappa shape index (κ3) is 4.59. The maximum atomic E-state index is 13.0. The molecule has 1 atom stereocenters. The van der Waals surface area contributed by atoms with Crippen molar-refractivity contribution in [2.24, 2.45) is 0 Å². The first-order valence-electron chi connectivity index (χ1n) is 11.5. The summed E-state index contributed by atoms with van der Waals surface area (Å²) in [5, 5.41) is 7.59. The summed E-state index contributed by atoms with van der Waals surface area (Å²) in [6.07, 6.45) is 5.11. The lowest BCUT2D eigenvalue weighted by Gasteiger charge is -2.13. The van der Waals surface area contributed by atoms with E-state index in [0.717, 1.165) is 29.7 Å². The van der Waals surface area contributed by atoms with E-state index in [0.29, 0.717) is 11.2 Å². The molecule has 0 radical (unpaired) electrons. The Labute approximate surface area is 199 Å². The number of hydrogen-bond donors (Lipinski definition) is 1. The summed E-state index contributed by atoms with van der Waals surface area (Å²) in [5.41, 5.74) is 6.53. The van der Waals surface area contributed by atoms with Crippen LogP contribution < -0.4 is 5.32 Å². The molecule has 0 saturated carbocycles. The number of benzene rings is 3. The number of aromatic nitrogens is 3. The van der Waals surface area contributed by atoms with Crippen LogP contribution in [0, 0.1) is 0 Å². The summed E-state index contributed by atoms with van der Waals surface area (Å²) in [6, 6.07) is 30.9. The smallest absolute Gasteiger partial charge is 0.256 e. The van der Waals surface area contributed by atoms with Crippen LogP contribution in [0.1, 0.15) is 29.3 Å². The fourth-order valence-electron chi connectivity index (χ4n) is 4.14. The van der Waals surface area contributed by atoms with Crippen molar-refractivity contribution in [3.8, 4) is 22.4 Å². The molecule has 5 heteroatoms. The lowest BCUT2D eigenvalue weighted by molar-refractivity contribution is 0.0940. The van der Waals surface area contributed by atoms with Gasteiger partial charge in [0.05, 0.1) is 11.9 Å². The highest BCUT2D eigenvalue weighted by Crippen LogP contribution is 2.25. The normalized spacial score (nSPS) is 11.9. The summed E-state index contributed by atoms with van der Waals surface area (Å²) in [5.74, 6) is -0.153. The minimum atomic E-state index is -0.153. The summed E-state index contributed by atoms with van der Waals surface area (Å²) in [4.78, 5) is 17.4. The molecule has 5 aromatic rings. The number of amides is 1. The van der Waals surface area contributed by atoms with Gasteiger partial charge in [-0.25, -0.2) is 9.50 Å². The minimum Gasteiger partial charge on any atom is -0.349 e. The van der Waals surface area contributed by atoms with Crippen LogP contribution in [0.3, 0.4) is 0 Å². The Morgan fingerprint density at radius 2 is 1.50 bits per heavy atom. The molecular weight excluding hydrogens is 420 g/mol. The van der Waals surface area contributed by atoms with E-state index in [-0.39, 0.29) is 11.9 Å². The Balaban J connectivity index is 1.33. The minimum absolute atomic E-state index is 0.0383. The molecule has 2 heterocycles. The Bertz CT molecular complexity index is 1390. The van der Waals surface area contributed by atoms with Gasteiger partial charge in [0.2, 0.25) is 0 Å². The number of rotatable bonds is 7. The van der Waals surface area contributed by atoms with Gasteiger partial charge in [-0.15, -0.1) is 0 Å². The maximum Gasteiger partial charge on any atom is 0.256 e. The second-order valence-corrected chi connectivity index (χ2v) is 8.47. The van der Waals surface area contributed by atoms with E-state index in [4.69, 9.17) is 0 Å². The van der Waals surface area contributed by atoms with E-state index < -0.39 is 0 Å². The van der Waals surface area contributed by atoms with E-state index in [2.05, 4.69) is 63.9 Å². The molecule has 0 saturated heterocycles. The quantitative estimate of drug-likeness (QED) is 0.343.